The number of carboxylic acids is 1. The van der Waals surface area contributed by atoms with Crippen LogP contribution < -0.4 is 15.4 Å². The number of hydrogen-bond acceptors (Lipinski definition) is 5. The number of carboxylic acid groups (broad SMARTS) is 1. The molecule has 0 fully saturated rings. The van der Waals surface area contributed by atoms with Crippen LogP contribution in [0.3, 0.4) is 0 Å². The zero-order valence-electron chi connectivity index (χ0n) is 12.5. The second-order valence-electron chi connectivity index (χ2n) is 5.67. The summed E-state index contributed by atoms with van der Waals surface area (Å²) in [6.07, 6.45) is -0.527. The van der Waals surface area contributed by atoms with E-state index in [1.54, 1.807) is 13.8 Å². The van der Waals surface area contributed by atoms with Gasteiger partial charge in [-0.15, -0.1) is 11.3 Å². The molecule has 0 saturated carbocycles. The molecule has 0 bridgehead atoms. The summed E-state index contributed by atoms with van der Waals surface area (Å²) in [6, 6.07) is 0.817. The lowest BCUT2D eigenvalue weighted by Crippen LogP contribution is -2.54. The van der Waals surface area contributed by atoms with Gasteiger partial charge in [0, 0.05) is 13.0 Å². The lowest BCUT2D eigenvalue weighted by molar-refractivity contribution is -0.137. The van der Waals surface area contributed by atoms with E-state index >= 15 is 0 Å². The molecule has 7 nitrogen and oxygen atoms in total. The summed E-state index contributed by atoms with van der Waals surface area (Å²) in [6.45, 7) is 3.79. The summed E-state index contributed by atoms with van der Waals surface area (Å²) >= 11 is 1.41. The van der Waals surface area contributed by atoms with E-state index < -0.39 is 29.7 Å². The molecule has 2 heterocycles. The van der Waals surface area contributed by atoms with Crippen molar-refractivity contribution in [1.82, 2.24) is 10.6 Å². The standard InChI is InChI=1S/C14H20N2O5S/c1-14(2)12(19)10(11-8(21-14)5-7-22-11)16-13(20)15-6-3-4-9(17)18/h5,7,10,12,19H,3-4,6H2,1-2H3,(H,17,18)(H2,15,16,20)/t10-,12+/m1/s1. The summed E-state index contributed by atoms with van der Waals surface area (Å²) in [5.41, 5.74) is -0.810. The van der Waals surface area contributed by atoms with Gasteiger partial charge in [-0.25, -0.2) is 4.79 Å². The van der Waals surface area contributed by atoms with Crippen LogP contribution in [-0.4, -0.2) is 40.5 Å². The lowest BCUT2D eigenvalue weighted by Gasteiger charge is -2.40. The Hall–Kier alpha value is -1.80. The van der Waals surface area contributed by atoms with E-state index in [0.717, 1.165) is 4.88 Å². The summed E-state index contributed by atoms with van der Waals surface area (Å²) in [5, 5.41) is 26.1. The molecular weight excluding hydrogens is 308 g/mol. The molecule has 0 unspecified atom stereocenters. The maximum atomic E-state index is 11.9. The van der Waals surface area contributed by atoms with Crippen molar-refractivity contribution in [2.24, 2.45) is 0 Å². The number of rotatable bonds is 5. The first-order valence-corrected chi connectivity index (χ1v) is 7.90. The first-order valence-electron chi connectivity index (χ1n) is 7.02. The van der Waals surface area contributed by atoms with E-state index in [9.17, 15) is 14.7 Å². The number of amides is 2. The van der Waals surface area contributed by atoms with E-state index in [1.807, 2.05) is 11.4 Å². The summed E-state index contributed by atoms with van der Waals surface area (Å²) in [7, 11) is 0. The third-order valence-corrected chi connectivity index (χ3v) is 4.46. The van der Waals surface area contributed by atoms with Gasteiger partial charge in [0.1, 0.15) is 17.5 Å². The van der Waals surface area contributed by atoms with E-state index in [2.05, 4.69) is 10.6 Å². The Kier molecular flexibility index (Phi) is 4.92. The predicted octanol–water partition coefficient (Wildman–Crippen LogP) is 1.49. The molecule has 0 spiro atoms. The second-order valence-corrected chi connectivity index (χ2v) is 6.62. The molecule has 122 valence electrons. The largest absolute Gasteiger partial charge is 0.484 e. The average Bonchev–Trinajstić information content (AvgIpc) is 2.86. The predicted molar refractivity (Wildman–Crippen MR) is 81.2 cm³/mol. The summed E-state index contributed by atoms with van der Waals surface area (Å²) in [4.78, 5) is 23.1. The molecule has 1 aromatic heterocycles. The third kappa shape index (κ3) is 3.69. The van der Waals surface area contributed by atoms with E-state index in [0.29, 0.717) is 12.2 Å². The Morgan fingerprint density at radius 3 is 2.86 bits per heavy atom. The number of thiophene rings is 1. The van der Waals surface area contributed by atoms with Gasteiger partial charge < -0.3 is 25.6 Å². The van der Waals surface area contributed by atoms with Gasteiger partial charge in [0.05, 0.1) is 10.9 Å². The zero-order valence-corrected chi connectivity index (χ0v) is 13.3. The highest BCUT2D eigenvalue weighted by atomic mass is 32.1. The molecule has 2 amide bonds. The van der Waals surface area contributed by atoms with E-state index in [4.69, 9.17) is 9.84 Å². The number of aliphatic carboxylic acids is 1. The van der Waals surface area contributed by atoms with Gasteiger partial charge >= 0.3 is 12.0 Å². The molecule has 1 aromatic rings. The van der Waals surface area contributed by atoms with Gasteiger partial charge in [0.15, 0.2) is 0 Å². The summed E-state index contributed by atoms with van der Waals surface area (Å²) < 4.78 is 5.73. The fourth-order valence-corrected chi connectivity index (χ4v) is 3.19. The molecule has 2 rings (SSSR count). The Balaban J connectivity index is 1.96. The molecule has 4 N–H and O–H groups in total. The molecular formula is C14H20N2O5S. The van der Waals surface area contributed by atoms with Crippen LogP contribution in [0.4, 0.5) is 4.79 Å². The highest BCUT2D eigenvalue weighted by Gasteiger charge is 2.44. The number of fused-ring (bicyclic) bond motifs is 1. The van der Waals surface area contributed by atoms with Crippen molar-refractivity contribution in [1.29, 1.82) is 0 Å². The number of hydrogen-bond donors (Lipinski definition) is 4. The van der Waals surface area contributed by atoms with Crippen LogP contribution in [0.2, 0.25) is 0 Å². The van der Waals surface area contributed by atoms with Crippen molar-refractivity contribution in [3.63, 3.8) is 0 Å². The Morgan fingerprint density at radius 2 is 2.18 bits per heavy atom. The number of carbonyl (C=O) groups is 2. The van der Waals surface area contributed by atoms with Crippen LogP contribution in [0.25, 0.3) is 0 Å². The SMILES string of the molecule is CC1(C)Oc2ccsc2[C@@H](NC(=O)NCCCC(=O)O)[C@@H]1O. The topological polar surface area (TPSA) is 108 Å². The van der Waals surface area contributed by atoms with Gasteiger partial charge in [0.25, 0.3) is 0 Å². The normalized spacial score (nSPS) is 22.3. The fourth-order valence-electron chi connectivity index (χ4n) is 2.29. The molecule has 0 aliphatic carbocycles. The highest BCUT2D eigenvalue weighted by molar-refractivity contribution is 7.10. The molecule has 1 aliphatic heterocycles. The van der Waals surface area contributed by atoms with Gasteiger partial charge in [-0.3, -0.25) is 4.79 Å². The van der Waals surface area contributed by atoms with Gasteiger partial charge in [0.2, 0.25) is 0 Å². The monoisotopic (exact) mass is 328 g/mol. The van der Waals surface area contributed by atoms with Crippen LogP contribution in [0.15, 0.2) is 11.4 Å². The number of nitrogens with one attached hydrogen (secondary N) is 2. The van der Waals surface area contributed by atoms with Crippen LogP contribution >= 0.6 is 11.3 Å². The zero-order chi connectivity index (χ0) is 16.3. The minimum absolute atomic E-state index is 0.00226. The number of ether oxygens (including phenoxy) is 1. The van der Waals surface area contributed by atoms with Gasteiger partial charge in [-0.05, 0) is 31.7 Å². The summed E-state index contributed by atoms with van der Waals surface area (Å²) in [5.74, 6) is -0.233. The van der Waals surface area contributed by atoms with Crippen molar-refractivity contribution >= 4 is 23.3 Å². The van der Waals surface area contributed by atoms with E-state index in [1.165, 1.54) is 11.3 Å². The first kappa shape index (κ1) is 16.6. The molecule has 8 heteroatoms. The van der Waals surface area contributed by atoms with Crippen molar-refractivity contribution in [3.8, 4) is 5.75 Å². The molecule has 2 atom stereocenters. The smallest absolute Gasteiger partial charge is 0.315 e. The van der Waals surface area contributed by atoms with Crippen molar-refractivity contribution in [2.45, 2.75) is 44.4 Å². The number of aliphatic hydroxyl groups is 1. The number of urea groups is 1. The van der Waals surface area contributed by atoms with Crippen LogP contribution in [0.1, 0.15) is 37.6 Å². The van der Waals surface area contributed by atoms with Crippen molar-refractivity contribution in [2.75, 3.05) is 6.54 Å². The third-order valence-electron chi connectivity index (χ3n) is 3.48. The Bertz CT molecular complexity index is 557. The second kappa shape index (κ2) is 6.53. The minimum atomic E-state index is -0.896. The fraction of sp³-hybridized carbons (Fsp3) is 0.571. The molecule has 1 aliphatic rings. The lowest BCUT2D eigenvalue weighted by atomic mass is 9.91. The van der Waals surface area contributed by atoms with Crippen LogP contribution in [-0.2, 0) is 4.79 Å². The van der Waals surface area contributed by atoms with Crippen LogP contribution in [0.5, 0.6) is 5.75 Å². The van der Waals surface area contributed by atoms with Crippen molar-refractivity contribution < 1.29 is 24.5 Å². The van der Waals surface area contributed by atoms with Crippen molar-refractivity contribution in [3.05, 3.63) is 16.3 Å². The maximum absolute atomic E-state index is 11.9. The number of carbonyl (C=O) groups excluding carboxylic acids is 1. The van der Waals surface area contributed by atoms with E-state index in [-0.39, 0.29) is 13.0 Å². The number of aliphatic hydroxyl groups excluding tert-OH is 1. The molecule has 22 heavy (non-hydrogen) atoms. The molecule has 0 radical (unpaired) electrons. The Labute approximate surface area is 132 Å². The van der Waals surface area contributed by atoms with Gasteiger partial charge in [-0.2, -0.15) is 0 Å². The Morgan fingerprint density at radius 1 is 1.45 bits per heavy atom. The molecule has 0 aromatic carbocycles. The molecule has 0 saturated heterocycles. The quantitative estimate of drug-likeness (QED) is 0.612. The first-order chi connectivity index (χ1) is 10.3. The maximum Gasteiger partial charge on any atom is 0.315 e. The van der Waals surface area contributed by atoms with Gasteiger partial charge in [-0.1, -0.05) is 0 Å². The highest BCUT2D eigenvalue weighted by Crippen LogP contribution is 2.42. The minimum Gasteiger partial charge on any atom is -0.484 e. The average molecular weight is 328 g/mol. The van der Waals surface area contributed by atoms with Crippen LogP contribution in [0, 0.1) is 0 Å².